The van der Waals surface area contributed by atoms with Crippen molar-refractivity contribution in [1.29, 1.82) is 0 Å². The predicted octanol–water partition coefficient (Wildman–Crippen LogP) is 5.42. The van der Waals surface area contributed by atoms with Gasteiger partial charge < -0.3 is 14.5 Å². The molecular weight excluding hydrogens is 471 g/mol. The van der Waals surface area contributed by atoms with E-state index in [2.05, 4.69) is 4.98 Å². The molecule has 2 amide bonds. The molecule has 10 heteroatoms. The Labute approximate surface area is 200 Å². The molecule has 3 aromatic rings. The van der Waals surface area contributed by atoms with Crippen LogP contribution >= 0.6 is 34.5 Å². The Bertz CT molecular complexity index is 1090. The van der Waals surface area contributed by atoms with Crippen molar-refractivity contribution in [2.45, 2.75) is 0 Å². The van der Waals surface area contributed by atoms with Crippen LogP contribution in [-0.2, 0) is 0 Å². The Morgan fingerprint density at radius 2 is 1.69 bits per heavy atom. The number of hydrogen-bond acceptors (Lipinski definition) is 6. The van der Waals surface area contributed by atoms with E-state index in [0.29, 0.717) is 39.5 Å². The molecule has 32 heavy (non-hydrogen) atoms. The number of carbonyl (C=O) groups excluding carboxylic acids is 2. The molecule has 3 rings (SSSR count). The van der Waals surface area contributed by atoms with Crippen LogP contribution in [0.1, 0.15) is 10.4 Å². The summed E-state index contributed by atoms with van der Waals surface area (Å²) in [5.41, 5.74) is 0.871. The molecule has 0 aliphatic carbocycles. The van der Waals surface area contributed by atoms with Gasteiger partial charge >= 0.3 is 6.09 Å². The van der Waals surface area contributed by atoms with Gasteiger partial charge in [0.05, 0.1) is 21.7 Å². The van der Waals surface area contributed by atoms with Crippen molar-refractivity contribution in [3.63, 3.8) is 0 Å². The molecule has 0 bridgehead atoms. The zero-order valence-corrected chi connectivity index (χ0v) is 20.1. The van der Waals surface area contributed by atoms with E-state index in [9.17, 15) is 9.59 Å². The zero-order chi connectivity index (χ0) is 23.3. The van der Waals surface area contributed by atoms with Gasteiger partial charge in [0.15, 0.2) is 0 Å². The summed E-state index contributed by atoms with van der Waals surface area (Å²) in [6, 6.07) is 13.5. The van der Waals surface area contributed by atoms with E-state index in [1.807, 2.05) is 19.0 Å². The van der Waals surface area contributed by atoms with E-state index >= 15 is 0 Å². The van der Waals surface area contributed by atoms with Gasteiger partial charge in [-0.15, -0.1) is 11.3 Å². The van der Waals surface area contributed by atoms with Crippen molar-refractivity contribution in [2.24, 2.45) is 0 Å². The second-order valence-corrected chi connectivity index (χ2v) is 8.84. The third kappa shape index (κ3) is 5.98. The van der Waals surface area contributed by atoms with Crippen LogP contribution in [-0.4, -0.2) is 61.0 Å². The van der Waals surface area contributed by atoms with Crippen molar-refractivity contribution in [2.75, 3.05) is 39.1 Å². The quantitative estimate of drug-likeness (QED) is 0.440. The van der Waals surface area contributed by atoms with Crippen LogP contribution in [0, 0.1) is 0 Å². The molecule has 168 valence electrons. The molecular formula is C22H22Cl2N4O3S. The summed E-state index contributed by atoms with van der Waals surface area (Å²) in [4.78, 5) is 35.0. The van der Waals surface area contributed by atoms with E-state index in [1.54, 1.807) is 61.0 Å². The minimum Gasteiger partial charge on any atom is -0.390 e. The first-order valence-corrected chi connectivity index (χ1v) is 11.3. The average molecular weight is 493 g/mol. The topological polar surface area (TPSA) is 66.0 Å². The minimum atomic E-state index is -0.529. The normalized spacial score (nSPS) is 10.8. The van der Waals surface area contributed by atoms with Crippen molar-refractivity contribution in [3.05, 3.63) is 69.5 Å². The third-order valence-electron chi connectivity index (χ3n) is 4.44. The molecule has 0 unspecified atom stereocenters. The number of hydrogen-bond donors (Lipinski definition) is 0. The number of carbonyl (C=O) groups is 2. The van der Waals surface area contributed by atoms with Crippen molar-refractivity contribution >= 4 is 57.4 Å². The SMILES string of the molecule is CN(C)CCN(C)C(=O)Oc1csc(N(C(=O)c2ccccc2Cl)c2ccc(Cl)cc2)n1. The van der Waals surface area contributed by atoms with Gasteiger partial charge in [0, 0.05) is 25.2 Å². The highest BCUT2D eigenvalue weighted by molar-refractivity contribution is 7.14. The minimum absolute atomic E-state index is 0.109. The number of thiazole rings is 1. The highest BCUT2D eigenvalue weighted by atomic mass is 35.5. The summed E-state index contributed by atoms with van der Waals surface area (Å²) in [7, 11) is 5.50. The molecule has 0 aliphatic rings. The highest BCUT2D eigenvalue weighted by Gasteiger charge is 2.25. The van der Waals surface area contributed by atoms with Crippen LogP contribution in [0.2, 0.25) is 10.0 Å². The molecule has 0 spiro atoms. The van der Waals surface area contributed by atoms with Gasteiger partial charge in [0.2, 0.25) is 11.0 Å². The lowest BCUT2D eigenvalue weighted by Crippen LogP contribution is -2.35. The number of rotatable bonds is 7. The highest BCUT2D eigenvalue weighted by Crippen LogP contribution is 2.34. The Morgan fingerprint density at radius 1 is 1.00 bits per heavy atom. The van der Waals surface area contributed by atoms with Gasteiger partial charge in [-0.3, -0.25) is 9.69 Å². The van der Waals surface area contributed by atoms with E-state index in [0.717, 1.165) is 0 Å². The maximum atomic E-state index is 13.4. The molecule has 0 radical (unpaired) electrons. The monoisotopic (exact) mass is 492 g/mol. The number of anilines is 2. The summed E-state index contributed by atoms with van der Waals surface area (Å²) in [6.45, 7) is 1.20. The summed E-state index contributed by atoms with van der Waals surface area (Å²) in [6.07, 6.45) is -0.529. The third-order valence-corrected chi connectivity index (χ3v) is 5.83. The predicted molar refractivity (Wildman–Crippen MR) is 129 cm³/mol. The smallest absolute Gasteiger partial charge is 0.390 e. The van der Waals surface area contributed by atoms with Crippen LogP contribution in [0.15, 0.2) is 53.9 Å². The Balaban J connectivity index is 1.87. The fourth-order valence-corrected chi connectivity index (χ4v) is 3.75. The van der Waals surface area contributed by atoms with Crippen LogP contribution in [0.4, 0.5) is 15.6 Å². The van der Waals surface area contributed by atoms with Crippen LogP contribution in [0.25, 0.3) is 0 Å². The first kappa shape index (κ1) is 24.0. The van der Waals surface area contributed by atoms with Gasteiger partial charge in [0.1, 0.15) is 0 Å². The Hall–Kier alpha value is -2.65. The molecule has 0 saturated carbocycles. The number of aromatic nitrogens is 1. The number of ether oxygens (including phenoxy) is 1. The average Bonchev–Trinajstić information content (AvgIpc) is 3.21. The molecule has 2 aromatic carbocycles. The lowest BCUT2D eigenvalue weighted by molar-refractivity contribution is 0.0999. The lowest BCUT2D eigenvalue weighted by atomic mass is 10.2. The lowest BCUT2D eigenvalue weighted by Gasteiger charge is -2.21. The number of halogens is 2. The zero-order valence-electron chi connectivity index (χ0n) is 17.8. The molecule has 0 N–H and O–H groups in total. The summed E-state index contributed by atoms with van der Waals surface area (Å²) in [5, 5.41) is 2.77. The Morgan fingerprint density at radius 3 is 2.34 bits per heavy atom. The number of nitrogens with zero attached hydrogens (tertiary/aromatic N) is 4. The largest absolute Gasteiger partial charge is 0.416 e. The molecule has 0 saturated heterocycles. The summed E-state index contributed by atoms with van der Waals surface area (Å²) < 4.78 is 5.39. The van der Waals surface area contributed by atoms with Crippen LogP contribution < -0.4 is 9.64 Å². The van der Waals surface area contributed by atoms with E-state index < -0.39 is 6.09 Å². The van der Waals surface area contributed by atoms with Gasteiger partial charge in [-0.05, 0) is 50.5 Å². The summed E-state index contributed by atoms with van der Waals surface area (Å²) in [5.74, 6) is -0.258. The van der Waals surface area contributed by atoms with Crippen molar-refractivity contribution in [1.82, 2.24) is 14.8 Å². The molecule has 0 fully saturated rings. The molecule has 1 aromatic heterocycles. The van der Waals surface area contributed by atoms with Gasteiger partial charge in [-0.25, -0.2) is 4.79 Å². The second kappa shape index (κ2) is 10.8. The maximum Gasteiger partial charge on any atom is 0.416 e. The molecule has 1 heterocycles. The molecule has 7 nitrogen and oxygen atoms in total. The van der Waals surface area contributed by atoms with Gasteiger partial charge in [-0.2, -0.15) is 4.98 Å². The second-order valence-electron chi connectivity index (χ2n) is 7.16. The van der Waals surface area contributed by atoms with Gasteiger partial charge in [0.25, 0.3) is 5.91 Å². The number of likely N-dealkylation sites (N-methyl/N-ethyl adjacent to an activating group) is 2. The molecule has 0 atom stereocenters. The van der Waals surface area contributed by atoms with Gasteiger partial charge in [-0.1, -0.05) is 35.3 Å². The maximum absolute atomic E-state index is 13.4. The van der Waals surface area contributed by atoms with E-state index in [1.165, 1.54) is 21.1 Å². The van der Waals surface area contributed by atoms with E-state index in [4.69, 9.17) is 27.9 Å². The Kier molecular flexibility index (Phi) is 8.09. The fraction of sp³-hybridized carbons (Fsp3) is 0.227. The standard InChI is InChI=1S/C22H22Cl2N4O3S/c1-26(2)12-13-27(3)22(30)31-19-14-32-21(25-19)28(16-10-8-15(23)9-11-16)20(29)17-6-4-5-7-18(17)24/h4-11,14H,12-13H2,1-3H3. The van der Waals surface area contributed by atoms with Crippen LogP contribution in [0.3, 0.4) is 0 Å². The fourth-order valence-electron chi connectivity index (χ4n) is 2.67. The van der Waals surface area contributed by atoms with E-state index in [-0.39, 0.29) is 11.8 Å². The first-order chi connectivity index (χ1) is 15.3. The van der Waals surface area contributed by atoms with Crippen LogP contribution in [0.5, 0.6) is 5.88 Å². The number of amides is 2. The molecule has 0 aliphatic heterocycles. The first-order valence-electron chi connectivity index (χ1n) is 9.64. The van der Waals surface area contributed by atoms with Crippen molar-refractivity contribution in [3.8, 4) is 5.88 Å². The number of benzene rings is 2. The summed E-state index contributed by atoms with van der Waals surface area (Å²) >= 11 is 13.4. The van der Waals surface area contributed by atoms with Crippen molar-refractivity contribution < 1.29 is 14.3 Å².